The van der Waals surface area contributed by atoms with Crippen molar-refractivity contribution in [2.45, 2.75) is 58.5 Å². The summed E-state index contributed by atoms with van der Waals surface area (Å²) in [6, 6.07) is 1.64. The van der Waals surface area contributed by atoms with E-state index in [1.165, 1.54) is 45.3 Å². The largest absolute Gasteiger partial charge is 0.312 e. The average Bonchev–Trinajstić information content (AvgIpc) is 2.99. The molecule has 0 amide bonds. The molecule has 1 aliphatic carbocycles. The second-order valence-corrected chi connectivity index (χ2v) is 6.00. The van der Waals surface area contributed by atoms with Crippen LogP contribution in [-0.4, -0.2) is 36.6 Å². The molecule has 2 nitrogen and oxygen atoms in total. The molecule has 2 heteroatoms. The van der Waals surface area contributed by atoms with Crippen LogP contribution in [0.4, 0.5) is 0 Å². The van der Waals surface area contributed by atoms with Crippen LogP contribution in [0.1, 0.15) is 46.5 Å². The summed E-state index contributed by atoms with van der Waals surface area (Å²) in [5, 5.41) is 3.70. The molecule has 1 N–H and O–H groups in total. The molecule has 1 heterocycles. The zero-order valence-corrected chi connectivity index (χ0v) is 11.2. The van der Waals surface area contributed by atoms with Crippen molar-refractivity contribution in [2.24, 2.45) is 11.8 Å². The van der Waals surface area contributed by atoms with Crippen LogP contribution in [0.2, 0.25) is 0 Å². The number of rotatable bonds is 4. The highest BCUT2D eigenvalue weighted by atomic mass is 15.2. The lowest BCUT2D eigenvalue weighted by Crippen LogP contribution is -2.42. The Hall–Kier alpha value is -0.0800. The Bertz CT molecular complexity index is 215. The van der Waals surface area contributed by atoms with Gasteiger partial charge in [-0.25, -0.2) is 0 Å². The quantitative estimate of drug-likeness (QED) is 0.789. The van der Waals surface area contributed by atoms with E-state index in [-0.39, 0.29) is 0 Å². The highest BCUT2D eigenvalue weighted by molar-refractivity contribution is 4.96. The van der Waals surface area contributed by atoms with Crippen LogP contribution in [0.15, 0.2) is 0 Å². The van der Waals surface area contributed by atoms with Gasteiger partial charge in [0.2, 0.25) is 0 Å². The molecule has 2 rings (SSSR count). The second kappa shape index (κ2) is 5.50. The van der Waals surface area contributed by atoms with Crippen molar-refractivity contribution in [1.29, 1.82) is 0 Å². The smallest absolute Gasteiger partial charge is 0.0218 e. The highest BCUT2D eigenvalue weighted by Crippen LogP contribution is 2.39. The van der Waals surface area contributed by atoms with E-state index in [0.717, 1.165) is 17.9 Å². The molecule has 0 aromatic rings. The zero-order chi connectivity index (χ0) is 11.5. The van der Waals surface area contributed by atoms with Gasteiger partial charge in [0.15, 0.2) is 0 Å². The van der Waals surface area contributed by atoms with E-state index in [0.29, 0.717) is 6.04 Å². The van der Waals surface area contributed by atoms with Gasteiger partial charge in [-0.05, 0) is 44.2 Å². The van der Waals surface area contributed by atoms with Gasteiger partial charge < -0.3 is 5.32 Å². The van der Waals surface area contributed by atoms with Crippen molar-refractivity contribution in [2.75, 3.05) is 19.6 Å². The molecule has 3 unspecified atom stereocenters. The van der Waals surface area contributed by atoms with Gasteiger partial charge in [-0.1, -0.05) is 27.2 Å². The van der Waals surface area contributed by atoms with Gasteiger partial charge in [-0.2, -0.15) is 0 Å². The Balaban J connectivity index is 1.84. The number of nitrogens with one attached hydrogen (secondary N) is 1. The normalized spacial score (nSPS) is 36.4. The summed E-state index contributed by atoms with van der Waals surface area (Å²) in [7, 11) is 0. The lowest BCUT2D eigenvalue weighted by molar-refractivity contribution is 0.226. The molecular weight excluding hydrogens is 196 g/mol. The van der Waals surface area contributed by atoms with Crippen molar-refractivity contribution in [1.82, 2.24) is 10.2 Å². The molecule has 0 bridgehead atoms. The Labute approximate surface area is 101 Å². The first kappa shape index (κ1) is 12.4. The van der Waals surface area contributed by atoms with E-state index in [2.05, 4.69) is 31.0 Å². The van der Waals surface area contributed by atoms with Gasteiger partial charge >= 0.3 is 0 Å². The molecule has 1 saturated carbocycles. The summed E-state index contributed by atoms with van der Waals surface area (Å²) < 4.78 is 0. The van der Waals surface area contributed by atoms with Gasteiger partial charge in [0.1, 0.15) is 0 Å². The van der Waals surface area contributed by atoms with Gasteiger partial charge in [-0.15, -0.1) is 0 Å². The molecule has 0 radical (unpaired) electrons. The third-order valence-electron chi connectivity index (χ3n) is 4.28. The van der Waals surface area contributed by atoms with Gasteiger partial charge in [0.05, 0.1) is 0 Å². The van der Waals surface area contributed by atoms with Crippen LogP contribution in [0, 0.1) is 11.8 Å². The van der Waals surface area contributed by atoms with Crippen molar-refractivity contribution in [3.63, 3.8) is 0 Å². The first-order valence-electron chi connectivity index (χ1n) is 7.19. The molecular formula is C14H28N2. The van der Waals surface area contributed by atoms with Crippen LogP contribution in [0.3, 0.4) is 0 Å². The molecule has 0 aromatic heterocycles. The maximum atomic E-state index is 3.70. The van der Waals surface area contributed by atoms with E-state index in [4.69, 9.17) is 0 Å². The van der Waals surface area contributed by atoms with Crippen molar-refractivity contribution < 1.29 is 0 Å². The molecule has 3 atom stereocenters. The Kier molecular flexibility index (Phi) is 4.26. The minimum absolute atomic E-state index is 0.713. The van der Waals surface area contributed by atoms with E-state index >= 15 is 0 Å². The maximum Gasteiger partial charge on any atom is 0.0218 e. The molecule has 1 saturated heterocycles. The predicted molar refractivity (Wildman–Crippen MR) is 69.6 cm³/mol. The van der Waals surface area contributed by atoms with Crippen molar-refractivity contribution >= 4 is 0 Å². The molecule has 1 aliphatic heterocycles. The highest BCUT2D eigenvalue weighted by Gasteiger charge is 2.41. The lowest BCUT2D eigenvalue weighted by atomic mass is 10.0. The third-order valence-corrected chi connectivity index (χ3v) is 4.28. The number of hydrogen-bond acceptors (Lipinski definition) is 2. The first-order chi connectivity index (χ1) is 7.72. The molecule has 2 aliphatic rings. The topological polar surface area (TPSA) is 15.3 Å². The summed E-state index contributed by atoms with van der Waals surface area (Å²) in [6.07, 6.45) is 5.61. The van der Waals surface area contributed by atoms with Crippen molar-refractivity contribution in [3.8, 4) is 0 Å². The summed E-state index contributed by atoms with van der Waals surface area (Å²) >= 11 is 0. The first-order valence-corrected chi connectivity index (χ1v) is 7.19. The van der Waals surface area contributed by atoms with E-state index in [9.17, 15) is 0 Å². The van der Waals surface area contributed by atoms with Crippen molar-refractivity contribution in [3.05, 3.63) is 0 Å². The van der Waals surface area contributed by atoms with Crippen LogP contribution in [0.5, 0.6) is 0 Å². The van der Waals surface area contributed by atoms with Crippen LogP contribution < -0.4 is 5.32 Å². The molecule has 94 valence electrons. The maximum absolute atomic E-state index is 3.70. The number of nitrogens with zero attached hydrogens (tertiary/aromatic N) is 1. The monoisotopic (exact) mass is 224 g/mol. The summed E-state index contributed by atoms with van der Waals surface area (Å²) in [4.78, 5) is 2.77. The third kappa shape index (κ3) is 2.98. The molecule has 16 heavy (non-hydrogen) atoms. The van der Waals surface area contributed by atoms with E-state index < -0.39 is 0 Å². The van der Waals surface area contributed by atoms with E-state index in [1.54, 1.807) is 0 Å². The van der Waals surface area contributed by atoms with Gasteiger partial charge in [-0.3, -0.25) is 4.90 Å². The minimum atomic E-state index is 0.713. The van der Waals surface area contributed by atoms with Gasteiger partial charge in [0.25, 0.3) is 0 Å². The second-order valence-electron chi connectivity index (χ2n) is 6.00. The lowest BCUT2D eigenvalue weighted by Gasteiger charge is -2.27. The zero-order valence-electron chi connectivity index (χ0n) is 11.2. The Morgan fingerprint density at radius 1 is 1.38 bits per heavy atom. The van der Waals surface area contributed by atoms with Gasteiger partial charge in [0, 0.05) is 18.6 Å². The fraction of sp³-hybridized carbons (Fsp3) is 1.00. The predicted octanol–water partition coefficient (Wildman–Crippen LogP) is 2.49. The fourth-order valence-electron chi connectivity index (χ4n) is 3.09. The standard InChI is InChI=1S/C14H28N2/c1-4-6-12-9-14(12)16-8-5-7-15-13(10-16)11(2)3/h11-15H,4-10H2,1-3H3. The average molecular weight is 224 g/mol. The van der Waals surface area contributed by atoms with E-state index in [1.807, 2.05) is 0 Å². The summed E-state index contributed by atoms with van der Waals surface area (Å²) in [6.45, 7) is 10.8. The SMILES string of the molecule is CCCC1CC1N1CCCNC(C(C)C)C1. The summed E-state index contributed by atoms with van der Waals surface area (Å²) in [5.41, 5.74) is 0. The number of hydrogen-bond donors (Lipinski definition) is 1. The Morgan fingerprint density at radius 2 is 2.19 bits per heavy atom. The minimum Gasteiger partial charge on any atom is -0.312 e. The molecule has 0 aromatic carbocycles. The summed E-state index contributed by atoms with van der Waals surface area (Å²) in [5.74, 6) is 1.79. The Morgan fingerprint density at radius 3 is 2.88 bits per heavy atom. The van der Waals surface area contributed by atoms with Crippen LogP contribution >= 0.6 is 0 Å². The molecule has 2 fully saturated rings. The van der Waals surface area contributed by atoms with Crippen LogP contribution in [0.25, 0.3) is 0 Å². The molecule has 0 spiro atoms. The fourth-order valence-corrected chi connectivity index (χ4v) is 3.09. The van der Waals surface area contributed by atoms with Crippen LogP contribution in [-0.2, 0) is 0 Å².